The van der Waals surface area contributed by atoms with Gasteiger partial charge in [0.15, 0.2) is 0 Å². The quantitative estimate of drug-likeness (QED) is 0.800. The fraction of sp³-hybridized carbons (Fsp3) is 1.00. The zero-order chi connectivity index (χ0) is 13.4. The van der Waals surface area contributed by atoms with Gasteiger partial charge in [-0.15, -0.1) is 0 Å². The van der Waals surface area contributed by atoms with Gasteiger partial charge in [0.25, 0.3) is 0 Å². The number of hydrogen-bond donors (Lipinski definition) is 1. The Hall–Kier alpha value is -0.120. The first kappa shape index (κ1) is 13.5. The van der Waals surface area contributed by atoms with Crippen molar-refractivity contribution in [2.45, 2.75) is 57.0 Å². The van der Waals surface area contributed by atoms with E-state index in [2.05, 4.69) is 15.1 Å². The van der Waals surface area contributed by atoms with E-state index in [1.165, 1.54) is 84.2 Å². The van der Waals surface area contributed by atoms with Crippen LogP contribution in [0.2, 0.25) is 0 Å². The maximum atomic E-state index is 3.91. The summed E-state index contributed by atoms with van der Waals surface area (Å²) in [7, 11) is 0. The third-order valence-electron chi connectivity index (χ3n) is 5.99. The van der Waals surface area contributed by atoms with Gasteiger partial charge in [-0.3, -0.25) is 9.80 Å². The fourth-order valence-electron chi connectivity index (χ4n) is 4.44. The normalized spacial score (nSPS) is 32.5. The molecule has 0 aromatic carbocycles. The summed E-state index contributed by atoms with van der Waals surface area (Å²) in [6.07, 6.45) is 10.3. The summed E-state index contributed by atoms with van der Waals surface area (Å²) in [5.41, 5.74) is 0. The second kappa shape index (κ2) is 5.94. The van der Waals surface area contributed by atoms with Gasteiger partial charge in [-0.1, -0.05) is 6.42 Å². The number of hydrogen-bond acceptors (Lipinski definition) is 3. The Morgan fingerprint density at radius 2 is 1.70 bits per heavy atom. The van der Waals surface area contributed by atoms with Crippen molar-refractivity contribution in [2.24, 2.45) is 11.8 Å². The van der Waals surface area contributed by atoms with Crippen molar-refractivity contribution in [3.63, 3.8) is 0 Å². The highest BCUT2D eigenvalue weighted by Gasteiger charge is 2.41. The minimum absolute atomic E-state index is 0.875. The van der Waals surface area contributed by atoms with Crippen LogP contribution in [0.25, 0.3) is 0 Å². The highest BCUT2D eigenvalue weighted by atomic mass is 15.3. The van der Waals surface area contributed by atoms with E-state index < -0.39 is 0 Å². The first-order valence-electron chi connectivity index (χ1n) is 9.10. The Bertz CT molecular complexity index is 312. The van der Waals surface area contributed by atoms with E-state index in [-0.39, 0.29) is 0 Å². The summed E-state index contributed by atoms with van der Waals surface area (Å²) in [6, 6.07) is 1.76. The van der Waals surface area contributed by atoms with Gasteiger partial charge in [-0.25, -0.2) is 0 Å². The van der Waals surface area contributed by atoms with Gasteiger partial charge in [0.2, 0.25) is 0 Å². The molecule has 0 bridgehead atoms. The van der Waals surface area contributed by atoms with E-state index in [0.717, 1.165) is 23.9 Å². The molecular weight excluding hydrogens is 246 g/mol. The summed E-state index contributed by atoms with van der Waals surface area (Å²) in [4.78, 5) is 5.46. The molecule has 2 heterocycles. The summed E-state index contributed by atoms with van der Waals surface area (Å²) in [5, 5.41) is 3.91. The van der Waals surface area contributed by atoms with E-state index in [0.29, 0.717) is 0 Å². The number of nitrogens with zero attached hydrogens (tertiary/aromatic N) is 2. The van der Waals surface area contributed by atoms with Crippen molar-refractivity contribution in [2.75, 3.05) is 39.3 Å². The van der Waals surface area contributed by atoms with Gasteiger partial charge in [-0.05, 0) is 56.9 Å². The Morgan fingerprint density at radius 1 is 0.900 bits per heavy atom. The molecule has 4 rings (SSSR count). The summed E-state index contributed by atoms with van der Waals surface area (Å²) >= 11 is 0. The van der Waals surface area contributed by atoms with Gasteiger partial charge in [-0.2, -0.15) is 0 Å². The molecule has 1 N–H and O–H groups in total. The monoisotopic (exact) mass is 277 g/mol. The third kappa shape index (κ3) is 3.20. The number of rotatable bonds is 6. The molecule has 0 spiro atoms. The zero-order valence-electron chi connectivity index (χ0n) is 12.9. The average molecular weight is 277 g/mol. The standard InChI is InChI=1S/C17H31N3/c1-2-9-20-12-11-19(13-16(20)3-1)10-8-18-17(14-4-5-14)15-6-7-15/h14-18H,1-13H2. The smallest absolute Gasteiger partial charge is 0.0223 e. The van der Waals surface area contributed by atoms with Crippen LogP contribution in [0.4, 0.5) is 0 Å². The van der Waals surface area contributed by atoms with Gasteiger partial charge >= 0.3 is 0 Å². The Kier molecular flexibility index (Phi) is 4.02. The largest absolute Gasteiger partial charge is 0.312 e. The van der Waals surface area contributed by atoms with E-state index in [1.807, 2.05) is 0 Å². The molecule has 3 nitrogen and oxygen atoms in total. The fourth-order valence-corrected chi connectivity index (χ4v) is 4.44. The molecule has 0 radical (unpaired) electrons. The third-order valence-corrected chi connectivity index (χ3v) is 5.99. The minimum atomic E-state index is 0.875. The predicted molar refractivity (Wildman–Crippen MR) is 82.9 cm³/mol. The zero-order valence-corrected chi connectivity index (χ0v) is 12.9. The van der Waals surface area contributed by atoms with Crippen molar-refractivity contribution >= 4 is 0 Å². The summed E-state index contributed by atoms with van der Waals surface area (Å²) in [6.45, 7) is 7.82. The lowest BCUT2D eigenvalue weighted by Crippen LogP contribution is -2.55. The van der Waals surface area contributed by atoms with E-state index in [1.54, 1.807) is 0 Å². The van der Waals surface area contributed by atoms with E-state index in [4.69, 9.17) is 0 Å². The lowest BCUT2D eigenvalue weighted by atomic mass is 9.99. The minimum Gasteiger partial charge on any atom is -0.312 e. The van der Waals surface area contributed by atoms with Crippen LogP contribution < -0.4 is 5.32 Å². The highest BCUT2D eigenvalue weighted by molar-refractivity contribution is 4.96. The average Bonchev–Trinajstić information content (AvgIpc) is 3.37. The van der Waals surface area contributed by atoms with Gasteiger partial charge in [0, 0.05) is 44.8 Å². The first-order chi connectivity index (χ1) is 9.90. The van der Waals surface area contributed by atoms with E-state index >= 15 is 0 Å². The van der Waals surface area contributed by atoms with Gasteiger partial charge in [0.1, 0.15) is 0 Å². The van der Waals surface area contributed by atoms with Crippen molar-refractivity contribution in [3.05, 3.63) is 0 Å². The van der Waals surface area contributed by atoms with Crippen LogP contribution in [0, 0.1) is 11.8 Å². The van der Waals surface area contributed by atoms with Crippen LogP contribution in [0.3, 0.4) is 0 Å². The molecule has 114 valence electrons. The molecule has 1 atom stereocenters. The number of nitrogens with one attached hydrogen (secondary N) is 1. The lowest BCUT2D eigenvalue weighted by Gasteiger charge is -2.44. The molecule has 2 aliphatic carbocycles. The van der Waals surface area contributed by atoms with Crippen LogP contribution in [0.15, 0.2) is 0 Å². The van der Waals surface area contributed by atoms with E-state index in [9.17, 15) is 0 Å². The Labute approximate surface area is 124 Å². The van der Waals surface area contributed by atoms with Crippen molar-refractivity contribution in [1.29, 1.82) is 0 Å². The van der Waals surface area contributed by atoms with Crippen LogP contribution in [0.1, 0.15) is 44.9 Å². The molecule has 0 aromatic rings. The van der Waals surface area contributed by atoms with Crippen LogP contribution in [-0.4, -0.2) is 61.2 Å². The maximum absolute atomic E-state index is 3.91. The summed E-state index contributed by atoms with van der Waals surface area (Å²) in [5.74, 6) is 2.08. The molecule has 2 saturated heterocycles. The topological polar surface area (TPSA) is 18.5 Å². The molecule has 3 heteroatoms. The van der Waals surface area contributed by atoms with Crippen LogP contribution in [-0.2, 0) is 0 Å². The van der Waals surface area contributed by atoms with Crippen LogP contribution in [0.5, 0.6) is 0 Å². The maximum Gasteiger partial charge on any atom is 0.0223 e. The highest BCUT2D eigenvalue weighted by Crippen LogP contribution is 2.44. The molecule has 20 heavy (non-hydrogen) atoms. The molecule has 1 unspecified atom stereocenters. The SMILES string of the molecule is C1CCN2CCN(CCNC(C3CC3)C3CC3)CC2C1. The Balaban J connectivity index is 1.19. The molecule has 4 aliphatic rings. The van der Waals surface area contributed by atoms with Gasteiger partial charge in [0.05, 0.1) is 0 Å². The van der Waals surface area contributed by atoms with Crippen molar-refractivity contribution in [1.82, 2.24) is 15.1 Å². The predicted octanol–water partition coefficient (Wildman–Crippen LogP) is 1.93. The summed E-state index contributed by atoms with van der Waals surface area (Å²) < 4.78 is 0. The molecule has 0 aromatic heterocycles. The number of piperazine rings is 1. The number of piperidine rings is 1. The lowest BCUT2D eigenvalue weighted by molar-refractivity contribution is 0.0494. The molecule has 4 fully saturated rings. The van der Waals surface area contributed by atoms with Crippen molar-refractivity contribution < 1.29 is 0 Å². The molecular formula is C17H31N3. The molecule has 2 aliphatic heterocycles. The van der Waals surface area contributed by atoms with Gasteiger partial charge < -0.3 is 5.32 Å². The molecule has 2 saturated carbocycles. The number of fused-ring (bicyclic) bond motifs is 1. The molecule has 0 amide bonds. The van der Waals surface area contributed by atoms with Crippen LogP contribution >= 0.6 is 0 Å². The Morgan fingerprint density at radius 3 is 2.45 bits per heavy atom. The second-order valence-electron chi connectivity index (χ2n) is 7.64. The van der Waals surface area contributed by atoms with Crippen molar-refractivity contribution in [3.8, 4) is 0 Å². The first-order valence-corrected chi connectivity index (χ1v) is 9.10. The second-order valence-corrected chi connectivity index (χ2v) is 7.64.